The Morgan fingerprint density at radius 3 is 2.80 bits per heavy atom. The molecular weight excluding hydrogens is 192 g/mol. The molecule has 0 bridgehead atoms. The van der Waals surface area contributed by atoms with Crippen LogP contribution >= 0.6 is 0 Å². The lowest BCUT2D eigenvalue weighted by atomic mass is 10.1. The monoisotopic (exact) mass is 208 g/mol. The van der Waals surface area contributed by atoms with Crippen molar-refractivity contribution in [1.29, 1.82) is 0 Å². The molecule has 3 nitrogen and oxygen atoms in total. The van der Waals surface area contributed by atoms with E-state index in [-0.39, 0.29) is 0 Å². The minimum absolute atomic E-state index is 0.453. The zero-order chi connectivity index (χ0) is 11.1. The topological polar surface area (TPSA) is 38.7 Å². The van der Waals surface area contributed by atoms with E-state index in [2.05, 4.69) is 0 Å². The molecule has 1 N–H and O–H groups in total. The minimum atomic E-state index is -0.556. The zero-order valence-electron chi connectivity index (χ0n) is 9.28. The average Bonchev–Trinajstić information content (AvgIpc) is 2.15. The molecule has 0 saturated carbocycles. The Morgan fingerprint density at radius 1 is 1.40 bits per heavy atom. The normalized spacial score (nSPS) is 20.3. The number of aliphatic hydroxyl groups is 1. The predicted molar refractivity (Wildman–Crippen MR) is 56.6 cm³/mol. The van der Waals surface area contributed by atoms with E-state index in [1.807, 2.05) is 32.0 Å². The number of rotatable bonds is 1. The summed E-state index contributed by atoms with van der Waals surface area (Å²) in [5.41, 5.74) is 1.88. The fourth-order valence-electron chi connectivity index (χ4n) is 1.62. The Balaban J connectivity index is 2.32. The molecule has 0 unspecified atom stereocenters. The summed E-state index contributed by atoms with van der Waals surface area (Å²) in [5, 5.41) is 9.45. The molecule has 0 spiro atoms. The van der Waals surface area contributed by atoms with Gasteiger partial charge in [0.2, 0.25) is 5.79 Å². The molecule has 0 radical (unpaired) electrons. The maximum absolute atomic E-state index is 9.45. The van der Waals surface area contributed by atoms with E-state index in [9.17, 15) is 5.11 Å². The van der Waals surface area contributed by atoms with E-state index in [1.54, 1.807) is 6.92 Å². The molecule has 0 saturated heterocycles. The third-order valence-corrected chi connectivity index (χ3v) is 2.50. The molecule has 3 heteroatoms. The number of hydrogen-bond acceptors (Lipinski definition) is 3. The van der Waals surface area contributed by atoms with Crippen LogP contribution in [0, 0.1) is 0 Å². The Bertz CT molecular complexity index is 369. The van der Waals surface area contributed by atoms with Gasteiger partial charge in [-0.3, -0.25) is 0 Å². The zero-order valence-corrected chi connectivity index (χ0v) is 9.28. The number of aliphatic hydroxyl groups excluding tert-OH is 1. The summed E-state index contributed by atoms with van der Waals surface area (Å²) in [6.07, 6.45) is -0.453. The summed E-state index contributed by atoms with van der Waals surface area (Å²) in [6, 6.07) is 5.70. The van der Waals surface area contributed by atoms with Crippen molar-refractivity contribution in [3.8, 4) is 5.75 Å². The molecular formula is C12H16O3. The Kier molecular flexibility index (Phi) is 2.44. The first kappa shape index (κ1) is 10.5. The lowest BCUT2D eigenvalue weighted by Crippen LogP contribution is -2.35. The summed E-state index contributed by atoms with van der Waals surface area (Å²) in [7, 11) is 0. The average molecular weight is 208 g/mol. The summed E-state index contributed by atoms with van der Waals surface area (Å²) in [4.78, 5) is 0. The van der Waals surface area contributed by atoms with Crippen molar-refractivity contribution in [2.24, 2.45) is 0 Å². The van der Waals surface area contributed by atoms with Crippen LogP contribution in [0.5, 0.6) is 5.75 Å². The van der Waals surface area contributed by atoms with Crippen molar-refractivity contribution in [1.82, 2.24) is 0 Å². The quantitative estimate of drug-likeness (QED) is 0.770. The van der Waals surface area contributed by atoms with E-state index in [0.29, 0.717) is 6.61 Å². The second-order valence-corrected chi connectivity index (χ2v) is 4.33. The fourth-order valence-corrected chi connectivity index (χ4v) is 1.62. The van der Waals surface area contributed by atoms with Crippen molar-refractivity contribution in [3.05, 3.63) is 29.3 Å². The molecule has 1 atom stereocenters. The molecule has 0 aromatic heterocycles. The lowest BCUT2D eigenvalue weighted by Gasteiger charge is -2.32. The molecule has 1 aromatic carbocycles. The van der Waals surface area contributed by atoms with Crippen LogP contribution < -0.4 is 4.74 Å². The lowest BCUT2D eigenvalue weighted by molar-refractivity contribution is -0.180. The third-order valence-electron chi connectivity index (χ3n) is 2.50. The van der Waals surface area contributed by atoms with E-state index in [0.717, 1.165) is 16.9 Å². The van der Waals surface area contributed by atoms with Gasteiger partial charge in [0, 0.05) is 19.4 Å². The van der Waals surface area contributed by atoms with Crippen molar-refractivity contribution in [2.45, 2.75) is 39.3 Å². The first-order valence-electron chi connectivity index (χ1n) is 5.12. The van der Waals surface area contributed by atoms with Crippen LogP contribution in [0.4, 0.5) is 0 Å². The van der Waals surface area contributed by atoms with Gasteiger partial charge in [-0.2, -0.15) is 0 Å². The standard InChI is InChI=1S/C12H16O3/c1-8(13)9-4-5-11-10(6-9)7-14-12(2,3)15-11/h4-6,8,13H,7H2,1-3H3/t8-/m1/s1. The SMILES string of the molecule is C[C@@H](O)c1ccc2c(c1)COC(C)(C)O2. The molecule has 1 aliphatic rings. The van der Waals surface area contributed by atoms with Gasteiger partial charge in [-0.05, 0) is 24.6 Å². The molecule has 1 aliphatic heterocycles. The van der Waals surface area contributed by atoms with Crippen LogP contribution in [-0.2, 0) is 11.3 Å². The number of ether oxygens (including phenoxy) is 2. The Labute approximate surface area is 89.6 Å². The molecule has 0 amide bonds. The van der Waals surface area contributed by atoms with Crippen LogP contribution in [0.25, 0.3) is 0 Å². The van der Waals surface area contributed by atoms with Crippen molar-refractivity contribution < 1.29 is 14.6 Å². The van der Waals surface area contributed by atoms with Gasteiger partial charge in [0.05, 0.1) is 12.7 Å². The summed E-state index contributed by atoms with van der Waals surface area (Å²) < 4.78 is 11.2. The van der Waals surface area contributed by atoms with Gasteiger partial charge in [-0.15, -0.1) is 0 Å². The number of benzene rings is 1. The Hall–Kier alpha value is -1.06. The highest BCUT2D eigenvalue weighted by molar-refractivity contribution is 5.38. The van der Waals surface area contributed by atoms with E-state index < -0.39 is 11.9 Å². The van der Waals surface area contributed by atoms with Crippen LogP contribution in [-0.4, -0.2) is 10.9 Å². The van der Waals surface area contributed by atoms with Crippen molar-refractivity contribution in [2.75, 3.05) is 0 Å². The third kappa shape index (κ3) is 2.13. The van der Waals surface area contributed by atoms with E-state index in [1.165, 1.54) is 0 Å². The molecule has 0 aliphatic carbocycles. The van der Waals surface area contributed by atoms with Crippen molar-refractivity contribution >= 4 is 0 Å². The van der Waals surface area contributed by atoms with Gasteiger partial charge in [0.1, 0.15) is 5.75 Å². The van der Waals surface area contributed by atoms with Gasteiger partial charge < -0.3 is 14.6 Å². The molecule has 0 fully saturated rings. The highest BCUT2D eigenvalue weighted by Gasteiger charge is 2.27. The molecule has 1 heterocycles. The van der Waals surface area contributed by atoms with Gasteiger partial charge in [-0.25, -0.2) is 0 Å². The van der Waals surface area contributed by atoms with Gasteiger partial charge in [-0.1, -0.05) is 6.07 Å². The van der Waals surface area contributed by atoms with Crippen LogP contribution in [0.3, 0.4) is 0 Å². The molecule has 15 heavy (non-hydrogen) atoms. The second kappa shape index (κ2) is 3.51. The number of hydrogen-bond donors (Lipinski definition) is 1. The summed E-state index contributed by atoms with van der Waals surface area (Å²) in [5.74, 6) is 0.287. The van der Waals surface area contributed by atoms with Crippen LogP contribution in [0.1, 0.15) is 38.0 Å². The van der Waals surface area contributed by atoms with Crippen LogP contribution in [0.15, 0.2) is 18.2 Å². The molecule has 2 rings (SSSR count). The summed E-state index contributed by atoms with van der Waals surface area (Å²) >= 11 is 0. The van der Waals surface area contributed by atoms with Gasteiger partial charge >= 0.3 is 0 Å². The van der Waals surface area contributed by atoms with Crippen LogP contribution in [0.2, 0.25) is 0 Å². The van der Waals surface area contributed by atoms with Gasteiger partial charge in [0.25, 0.3) is 0 Å². The smallest absolute Gasteiger partial charge is 0.205 e. The minimum Gasteiger partial charge on any atom is -0.463 e. The fraction of sp³-hybridized carbons (Fsp3) is 0.500. The van der Waals surface area contributed by atoms with Gasteiger partial charge in [0.15, 0.2) is 0 Å². The maximum atomic E-state index is 9.45. The molecule has 82 valence electrons. The highest BCUT2D eigenvalue weighted by Crippen LogP contribution is 2.32. The maximum Gasteiger partial charge on any atom is 0.205 e. The predicted octanol–water partition coefficient (Wildman–Crippen LogP) is 2.38. The van der Waals surface area contributed by atoms with E-state index in [4.69, 9.17) is 9.47 Å². The first-order valence-corrected chi connectivity index (χ1v) is 5.12. The highest BCUT2D eigenvalue weighted by atomic mass is 16.7. The molecule has 1 aromatic rings. The first-order chi connectivity index (χ1) is 6.98. The van der Waals surface area contributed by atoms with E-state index >= 15 is 0 Å². The largest absolute Gasteiger partial charge is 0.463 e. The number of fused-ring (bicyclic) bond motifs is 1. The van der Waals surface area contributed by atoms with Crippen molar-refractivity contribution in [3.63, 3.8) is 0 Å². The summed E-state index contributed by atoms with van der Waals surface area (Å²) in [6.45, 7) is 6.05. The second-order valence-electron chi connectivity index (χ2n) is 4.33. The Morgan fingerprint density at radius 2 is 2.13 bits per heavy atom.